The maximum atomic E-state index is 12.7. The molecule has 0 bridgehead atoms. The first-order chi connectivity index (χ1) is 11.0. The predicted octanol–water partition coefficient (Wildman–Crippen LogP) is 2.50. The third kappa shape index (κ3) is 3.09. The van der Waals surface area contributed by atoms with E-state index in [-0.39, 0.29) is 4.90 Å². The Morgan fingerprint density at radius 1 is 0.957 bits per heavy atom. The Bertz CT molecular complexity index is 932. The van der Waals surface area contributed by atoms with Crippen LogP contribution in [0.2, 0.25) is 0 Å². The summed E-state index contributed by atoms with van der Waals surface area (Å²) in [5.41, 5.74) is 0.323. The number of anilines is 2. The fourth-order valence-corrected chi connectivity index (χ4v) is 3.50. The molecule has 3 aromatic rings. The lowest BCUT2D eigenvalue weighted by Gasteiger charge is -2.12. The van der Waals surface area contributed by atoms with Crippen LogP contribution in [0.3, 0.4) is 0 Å². The summed E-state index contributed by atoms with van der Waals surface area (Å²) in [6.07, 6.45) is 2.90. The molecule has 0 aliphatic rings. The third-order valence-electron chi connectivity index (χ3n) is 3.33. The van der Waals surface area contributed by atoms with Crippen LogP contribution in [0.25, 0.3) is 10.8 Å². The predicted molar refractivity (Wildman–Crippen MR) is 91.1 cm³/mol. The Kier molecular flexibility index (Phi) is 3.87. The van der Waals surface area contributed by atoms with Crippen molar-refractivity contribution in [3.63, 3.8) is 0 Å². The number of aromatic nitrogens is 2. The second-order valence-electron chi connectivity index (χ2n) is 5.25. The van der Waals surface area contributed by atoms with E-state index in [1.54, 1.807) is 23.1 Å². The van der Waals surface area contributed by atoms with Crippen LogP contribution < -0.4 is 9.62 Å². The quantitative estimate of drug-likeness (QED) is 0.796. The molecule has 2 aromatic carbocycles. The van der Waals surface area contributed by atoms with Gasteiger partial charge in [0.15, 0.2) is 0 Å². The molecule has 0 saturated carbocycles. The topological polar surface area (TPSA) is 75.2 Å². The molecule has 0 amide bonds. The molecule has 0 radical (unpaired) electrons. The molecule has 0 aliphatic carbocycles. The minimum Gasteiger partial charge on any atom is -0.347 e. The summed E-state index contributed by atoms with van der Waals surface area (Å²) in [5.74, 6) is 0.512. The smallest absolute Gasteiger partial charge is 0.262 e. The maximum absolute atomic E-state index is 12.7. The number of rotatable bonds is 4. The van der Waals surface area contributed by atoms with Crippen molar-refractivity contribution in [2.75, 3.05) is 23.7 Å². The zero-order chi connectivity index (χ0) is 16.4. The summed E-state index contributed by atoms with van der Waals surface area (Å²) in [5, 5.41) is 1.54. The van der Waals surface area contributed by atoms with Crippen molar-refractivity contribution in [1.82, 2.24) is 9.97 Å². The summed E-state index contributed by atoms with van der Waals surface area (Å²) < 4.78 is 27.8. The van der Waals surface area contributed by atoms with Gasteiger partial charge in [-0.25, -0.2) is 18.4 Å². The summed E-state index contributed by atoms with van der Waals surface area (Å²) in [6, 6.07) is 12.5. The van der Waals surface area contributed by atoms with E-state index in [1.807, 2.05) is 38.4 Å². The summed E-state index contributed by atoms with van der Waals surface area (Å²) in [4.78, 5) is 10.2. The van der Waals surface area contributed by atoms with Crippen LogP contribution in [0.5, 0.6) is 0 Å². The number of fused-ring (bicyclic) bond motifs is 1. The lowest BCUT2D eigenvalue weighted by Crippen LogP contribution is -2.15. The highest BCUT2D eigenvalue weighted by atomic mass is 32.2. The van der Waals surface area contributed by atoms with Crippen LogP contribution in [0.4, 0.5) is 11.6 Å². The Morgan fingerprint density at radius 2 is 1.61 bits per heavy atom. The largest absolute Gasteiger partial charge is 0.347 e. The molecule has 1 N–H and O–H groups in total. The van der Waals surface area contributed by atoms with Crippen molar-refractivity contribution < 1.29 is 8.42 Å². The second kappa shape index (κ2) is 5.85. The molecule has 6 nitrogen and oxygen atoms in total. The number of hydrogen-bond acceptors (Lipinski definition) is 5. The average molecular weight is 328 g/mol. The van der Waals surface area contributed by atoms with Crippen LogP contribution in [-0.2, 0) is 10.0 Å². The van der Waals surface area contributed by atoms with Gasteiger partial charge in [0.05, 0.1) is 23.0 Å². The van der Waals surface area contributed by atoms with E-state index >= 15 is 0 Å². The zero-order valence-electron chi connectivity index (χ0n) is 12.8. The Hall–Kier alpha value is -2.67. The lowest BCUT2D eigenvalue weighted by molar-refractivity contribution is 0.602. The fraction of sp³-hybridized carbons (Fsp3) is 0.125. The Balaban J connectivity index is 1.98. The molecule has 0 unspecified atom stereocenters. The fourth-order valence-electron chi connectivity index (χ4n) is 2.25. The number of benzene rings is 2. The number of hydrogen-bond donors (Lipinski definition) is 1. The molecule has 23 heavy (non-hydrogen) atoms. The normalized spacial score (nSPS) is 11.4. The van der Waals surface area contributed by atoms with Crippen LogP contribution in [0.15, 0.2) is 59.8 Å². The molecular formula is C16H16N4O2S. The number of nitrogens with zero attached hydrogens (tertiary/aromatic N) is 3. The summed E-state index contributed by atoms with van der Waals surface area (Å²) in [7, 11) is -0.0871. The van der Waals surface area contributed by atoms with Crippen LogP contribution in [-0.4, -0.2) is 32.5 Å². The van der Waals surface area contributed by atoms with Crippen molar-refractivity contribution in [1.29, 1.82) is 0 Å². The van der Waals surface area contributed by atoms with Gasteiger partial charge in [-0.3, -0.25) is 4.72 Å². The Morgan fingerprint density at radius 3 is 2.30 bits per heavy atom. The van der Waals surface area contributed by atoms with Gasteiger partial charge in [0.1, 0.15) is 0 Å². The molecule has 118 valence electrons. The van der Waals surface area contributed by atoms with Gasteiger partial charge >= 0.3 is 0 Å². The van der Waals surface area contributed by atoms with Crippen LogP contribution in [0.1, 0.15) is 0 Å². The zero-order valence-corrected chi connectivity index (χ0v) is 13.6. The molecule has 0 saturated heterocycles. The first-order valence-corrected chi connectivity index (χ1v) is 8.46. The van der Waals surface area contributed by atoms with Crippen LogP contribution in [0, 0.1) is 0 Å². The average Bonchev–Trinajstić information content (AvgIpc) is 2.54. The van der Waals surface area contributed by atoms with E-state index in [0.717, 1.165) is 5.39 Å². The van der Waals surface area contributed by atoms with E-state index in [1.165, 1.54) is 12.4 Å². The molecule has 1 heterocycles. The third-order valence-corrected chi connectivity index (χ3v) is 4.77. The first kappa shape index (κ1) is 15.2. The minimum absolute atomic E-state index is 0.229. The van der Waals surface area contributed by atoms with Crippen molar-refractivity contribution in [3.8, 4) is 0 Å². The standard InChI is InChI=1S/C16H16N4O2S/c1-20(2)16-17-10-13(11-18-16)19-23(21,22)15-9-5-7-12-6-3-4-8-14(12)15/h3-11,19H,1-2H3. The Labute approximate surface area is 134 Å². The van der Waals surface area contributed by atoms with Gasteiger partial charge in [-0.05, 0) is 11.5 Å². The first-order valence-electron chi connectivity index (χ1n) is 6.97. The van der Waals surface area contributed by atoms with E-state index in [2.05, 4.69) is 14.7 Å². The van der Waals surface area contributed by atoms with E-state index in [9.17, 15) is 8.42 Å². The van der Waals surface area contributed by atoms with Crippen molar-refractivity contribution in [3.05, 3.63) is 54.9 Å². The van der Waals surface area contributed by atoms with E-state index in [0.29, 0.717) is 17.0 Å². The van der Waals surface area contributed by atoms with Crippen molar-refractivity contribution in [2.45, 2.75) is 4.90 Å². The highest BCUT2D eigenvalue weighted by Gasteiger charge is 2.17. The number of sulfonamides is 1. The molecule has 1 aromatic heterocycles. The molecule has 3 rings (SSSR count). The minimum atomic E-state index is -3.72. The van der Waals surface area contributed by atoms with Crippen molar-refractivity contribution >= 4 is 32.4 Å². The molecule has 0 atom stereocenters. The second-order valence-corrected chi connectivity index (χ2v) is 6.90. The molecule has 0 fully saturated rings. The number of nitrogens with one attached hydrogen (secondary N) is 1. The molecular weight excluding hydrogens is 312 g/mol. The van der Waals surface area contributed by atoms with Gasteiger partial charge in [0.25, 0.3) is 10.0 Å². The van der Waals surface area contributed by atoms with Crippen molar-refractivity contribution in [2.24, 2.45) is 0 Å². The molecule has 0 aliphatic heterocycles. The SMILES string of the molecule is CN(C)c1ncc(NS(=O)(=O)c2cccc3ccccc23)cn1. The van der Waals surface area contributed by atoms with Gasteiger partial charge in [0.2, 0.25) is 5.95 Å². The summed E-state index contributed by atoms with van der Waals surface area (Å²) >= 11 is 0. The van der Waals surface area contributed by atoms with E-state index in [4.69, 9.17) is 0 Å². The maximum Gasteiger partial charge on any atom is 0.262 e. The lowest BCUT2D eigenvalue weighted by atomic mass is 10.1. The highest BCUT2D eigenvalue weighted by Crippen LogP contribution is 2.24. The van der Waals surface area contributed by atoms with Gasteiger partial charge in [-0.1, -0.05) is 36.4 Å². The summed E-state index contributed by atoms with van der Waals surface area (Å²) in [6.45, 7) is 0. The van der Waals surface area contributed by atoms with Gasteiger partial charge in [0, 0.05) is 19.5 Å². The monoisotopic (exact) mass is 328 g/mol. The molecule has 7 heteroatoms. The van der Waals surface area contributed by atoms with Gasteiger partial charge < -0.3 is 4.90 Å². The van der Waals surface area contributed by atoms with Gasteiger partial charge in [-0.2, -0.15) is 0 Å². The molecule has 0 spiro atoms. The van der Waals surface area contributed by atoms with Crippen LogP contribution >= 0.6 is 0 Å². The van der Waals surface area contributed by atoms with Gasteiger partial charge in [-0.15, -0.1) is 0 Å². The van der Waals surface area contributed by atoms with E-state index < -0.39 is 10.0 Å². The highest BCUT2D eigenvalue weighted by molar-refractivity contribution is 7.93.